The number of nitrogens with zero attached hydrogens (tertiary/aromatic N) is 4. The SMILES string of the molecule is [2H]c1c([2H])c(-n2c3c([2H])c([2H])c([2H])c([2H])c3c3c([2H])c([2H])c([2H])c([2H])c32)c([2H])c2c1B1c3c(cc(-c4ccc5oc6ccccc6c5c4)cc3N(c3ccc(C(C)(C)C)cc3-c3cccc(C(C)(C)C)c3)c3c([2H])c(-n4c5c([2H])c([2H])c([2H])c([2H])c5c5c([2H])c([2H])c([2H])c([2H])c54)c([2H])c([2H])c31)N2c1ccc(C(C)(C)C)cc1-c1cccc(C(C)(C)C)c1. The van der Waals surface area contributed by atoms with Crippen molar-refractivity contribution in [3.63, 3.8) is 0 Å². The maximum absolute atomic E-state index is 11.6. The Morgan fingerprint density at radius 1 is 0.310 bits per heavy atom. The maximum atomic E-state index is 11.6. The number of furan rings is 1. The molecule has 0 saturated heterocycles. The minimum Gasteiger partial charge on any atom is -0.456 e. The van der Waals surface area contributed by atoms with Gasteiger partial charge in [0, 0.05) is 77.6 Å². The lowest BCUT2D eigenvalue weighted by molar-refractivity contribution is 0.589. The van der Waals surface area contributed by atoms with Crippen LogP contribution in [0.5, 0.6) is 0 Å². The Balaban J connectivity index is 1.11. The van der Waals surface area contributed by atoms with E-state index < -0.39 is 195 Å². The molecule has 0 aliphatic carbocycles. The van der Waals surface area contributed by atoms with Crippen molar-refractivity contribution in [1.29, 1.82) is 0 Å². The number of rotatable bonds is 7. The minimum absolute atomic E-state index is 0.155. The Bertz CT molecular complexity index is 6910. The van der Waals surface area contributed by atoms with Gasteiger partial charge in [-0.05, 0) is 185 Å². The summed E-state index contributed by atoms with van der Waals surface area (Å²) in [7, 11) is 0. The number of benzene rings is 13. The number of para-hydroxylation sites is 5. The topological polar surface area (TPSA) is 29.5 Å². The van der Waals surface area contributed by atoms with Crippen LogP contribution in [0, 0.1) is 0 Å². The molecule has 5 heterocycles. The summed E-state index contributed by atoms with van der Waals surface area (Å²) in [6, 6.07) is 29.6. The molecule has 0 radical (unpaired) electrons. The Labute approximate surface area is 618 Å². The predicted molar refractivity (Wildman–Crippen MR) is 428 cm³/mol. The van der Waals surface area contributed by atoms with Gasteiger partial charge in [-0.2, -0.15) is 0 Å². The molecular weight excluding hydrogens is 1210 g/mol. The summed E-state index contributed by atoms with van der Waals surface area (Å²) in [5.41, 5.74) is 4.81. The largest absolute Gasteiger partial charge is 0.456 e. The Hall–Kier alpha value is -11.1. The summed E-state index contributed by atoms with van der Waals surface area (Å²) in [5.74, 6) is 0. The molecule has 18 rings (SSSR count). The van der Waals surface area contributed by atoms with Gasteiger partial charge in [0.1, 0.15) is 11.2 Å². The highest BCUT2D eigenvalue weighted by molar-refractivity contribution is 7.00. The molecular formula is C94H81BN4O. The van der Waals surface area contributed by atoms with Gasteiger partial charge in [0.15, 0.2) is 0 Å². The van der Waals surface area contributed by atoms with Crippen LogP contribution in [0.2, 0.25) is 0 Å². The van der Waals surface area contributed by atoms with Crippen LogP contribution in [0.3, 0.4) is 0 Å². The zero-order valence-electron chi connectivity index (χ0n) is 79.6. The van der Waals surface area contributed by atoms with E-state index in [0.29, 0.717) is 61.4 Å². The van der Waals surface area contributed by atoms with Crippen molar-refractivity contribution in [1.82, 2.24) is 9.13 Å². The van der Waals surface area contributed by atoms with Crippen molar-refractivity contribution in [2.24, 2.45) is 0 Å². The summed E-state index contributed by atoms with van der Waals surface area (Å²) in [6.07, 6.45) is 0. The molecule has 6 heteroatoms. The first-order valence-corrected chi connectivity index (χ1v) is 33.8. The fraction of sp³-hybridized carbons (Fsp3) is 0.170. The summed E-state index contributed by atoms with van der Waals surface area (Å²) in [4.78, 5) is 3.68. The van der Waals surface area contributed by atoms with Crippen LogP contribution in [0.25, 0.3) is 110 Å². The molecule has 100 heavy (non-hydrogen) atoms. The zero-order valence-corrected chi connectivity index (χ0v) is 57.6. The van der Waals surface area contributed by atoms with Gasteiger partial charge in [0.2, 0.25) is 0 Å². The second-order valence-corrected chi connectivity index (χ2v) is 30.5. The van der Waals surface area contributed by atoms with E-state index in [4.69, 9.17) is 9.90 Å². The smallest absolute Gasteiger partial charge is 0.252 e. The third-order valence-corrected chi connectivity index (χ3v) is 20.1. The van der Waals surface area contributed by atoms with Gasteiger partial charge in [0.05, 0.1) is 63.6 Å². The molecule has 16 aromatic rings. The average Bonchev–Trinajstić information content (AvgIpc) is 1.02. The van der Waals surface area contributed by atoms with E-state index >= 15 is 0 Å². The Morgan fingerprint density at radius 3 is 1.16 bits per heavy atom. The van der Waals surface area contributed by atoms with Crippen molar-refractivity contribution in [2.45, 2.75) is 105 Å². The fourth-order valence-corrected chi connectivity index (χ4v) is 14.8. The number of aromatic nitrogens is 2. The molecule has 0 atom stereocenters. The predicted octanol–water partition coefficient (Wildman–Crippen LogP) is 24.1. The van der Waals surface area contributed by atoms with Crippen LogP contribution in [-0.2, 0) is 21.7 Å². The highest BCUT2D eigenvalue weighted by atomic mass is 16.3. The maximum Gasteiger partial charge on any atom is 0.252 e. The van der Waals surface area contributed by atoms with Crippen LogP contribution in [0.4, 0.5) is 34.1 Å². The van der Waals surface area contributed by atoms with E-state index in [1.165, 1.54) is 0 Å². The standard InChI is InChI=1S/C94H81BN4O/c1-91(2,3)62-27-23-25-59(49-62)73-54-64(93(7,8)9)40-46-82(73)98-84-56-66(96-78-34-18-13-29-68(78)69-30-14-19-35-79(69)96)42-44-76(84)95-77-45-43-67(97-80-36-20-15-31-70(80)71-32-16-21-37-81(71)97)57-85(77)99(83-47-41-65(94(10,11)12)55-74(83)60-26-24-28-63(50-60)92(4,5)6)87-53-61(52-86(98)90(87)95)58-39-48-89-75(51-58)72-33-17-22-38-88(72)100-89/h13-57H,1-12H3/i13D,14D,15D,16D,18D,19D,20D,21D,29D,30D,31D,32D,34D,35D,36D,37D,42D,43D,44D,45D,56D,57D. The van der Waals surface area contributed by atoms with E-state index in [9.17, 15) is 24.7 Å². The molecule has 0 unspecified atom stereocenters. The van der Waals surface area contributed by atoms with E-state index in [1.807, 2.05) is 125 Å². The molecule has 2 aliphatic rings. The van der Waals surface area contributed by atoms with Gasteiger partial charge in [0.25, 0.3) is 6.71 Å². The fourth-order valence-electron chi connectivity index (χ4n) is 14.8. The quantitative estimate of drug-likeness (QED) is 0.149. The molecule has 0 bridgehead atoms. The first-order valence-electron chi connectivity index (χ1n) is 44.8. The van der Waals surface area contributed by atoms with Gasteiger partial charge in [-0.15, -0.1) is 0 Å². The average molecular weight is 1320 g/mol. The molecule has 2 aliphatic heterocycles. The van der Waals surface area contributed by atoms with Gasteiger partial charge < -0.3 is 23.4 Å². The first kappa shape index (κ1) is 42.0. The lowest BCUT2D eigenvalue weighted by atomic mass is 9.33. The zero-order chi connectivity index (χ0) is 87.6. The highest BCUT2D eigenvalue weighted by Gasteiger charge is 2.45. The Morgan fingerprint density at radius 2 is 0.720 bits per heavy atom. The van der Waals surface area contributed by atoms with E-state index in [0.717, 1.165) is 42.2 Å². The summed E-state index contributed by atoms with van der Waals surface area (Å²) >= 11 is 0. The second-order valence-electron chi connectivity index (χ2n) is 30.5. The van der Waals surface area contributed by atoms with Crippen molar-refractivity contribution in [2.75, 3.05) is 9.80 Å². The van der Waals surface area contributed by atoms with Crippen molar-refractivity contribution >= 4 is 123 Å². The molecule has 0 saturated carbocycles. The van der Waals surface area contributed by atoms with Gasteiger partial charge in [-0.1, -0.05) is 253 Å². The van der Waals surface area contributed by atoms with Gasteiger partial charge in [-0.25, -0.2) is 0 Å². The molecule has 0 N–H and O–H groups in total. The lowest BCUT2D eigenvalue weighted by Crippen LogP contribution is -2.61. The lowest BCUT2D eigenvalue weighted by Gasteiger charge is -2.45. The molecule has 13 aromatic carbocycles. The third kappa shape index (κ3) is 9.72. The van der Waals surface area contributed by atoms with Gasteiger partial charge >= 0.3 is 0 Å². The van der Waals surface area contributed by atoms with Crippen LogP contribution < -0.4 is 26.2 Å². The summed E-state index contributed by atoms with van der Waals surface area (Å²) in [6.45, 7) is 23.5. The second kappa shape index (κ2) is 22.2. The third-order valence-electron chi connectivity index (χ3n) is 20.1. The number of hydrogen-bond donors (Lipinski definition) is 0. The molecule has 3 aromatic heterocycles. The van der Waals surface area contributed by atoms with E-state index in [1.54, 1.807) is 0 Å². The van der Waals surface area contributed by atoms with Crippen LogP contribution >= 0.6 is 0 Å². The highest BCUT2D eigenvalue weighted by Crippen LogP contribution is 2.53. The molecule has 486 valence electrons. The minimum atomic E-state index is -1.64. The molecule has 0 fully saturated rings. The number of hydrogen-bond acceptors (Lipinski definition) is 3. The number of fused-ring (bicyclic) bond motifs is 13. The van der Waals surface area contributed by atoms with Crippen LogP contribution in [-0.4, -0.2) is 15.8 Å². The number of anilines is 6. The van der Waals surface area contributed by atoms with Crippen molar-refractivity contribution < 1.29 is 34.6 Å². The normalized spacial score (nSPS) is 16.4. The molecule has 5 nitrogen and oxygen atoms in total. The van der Waals surface area contributed by atoms with Crippen LogP contribution in [0.15, 0.2) is 277 Å². The van der Waals surface area contributed by atoms with E-state index in [2.05, 4.69) is 107 Å². The first-order chi connectivity index (χ1) is 57.3. The van der Waals surface area contributed by atoms with Crippen molar-refractivity contribution in [3.05, 3.63) is 295 Å². The molecule has 0 spiro atoms. The van der Waals surface area contributed by atoms with Crippen molar-refractivity contribution in [3.8, 4) is 44.8 Å². The van der Waals surface area contributed by atoms with Crippen LogP contribution in [0.1, 0.15) is 135 Å². The summed E-state index contributed by atoms with van der Waals surface area (Å²) < 4.78 is 228. The summed E-state index contributed by atoms with van der Waals surface area (Å²) in [5, 5.41) is 0.112. The Kier molecular flexibility index (Phi) is 9.33. The van der Waals surface area contributed by atoms with E-state index in [-0.39, 0.29) is 55.2 Å². The van der Waals surface area contributed by atoms with Gasteiger partial charge in [-0.3, -0.25) is 0 Å². The monoisotopic (exact) mass is 1310 g/mol. The molecule has 0 amide bonds.